The minimum atomic E-state index is -0.562. The van der Waals surface area contributed by atoms with E-state index in [-0.39, 0.29) is 36.0 Å². The number of aromatic nitrogens is 1. The summed E-state index contributed by atoms with van der Waals surface area (Å²) in [5, 5.41) is 0. The molecule has 2 aliphatic heterocycles. The minimum Gasteiger partial charge on any atom is -0.481 e. The predicted octanol–water partition coefficient (Wildman–Crippen LogP) is 2.67. The lowest BCUT2D eigenvalue weighted by molar-refractivity contribution is -0.121. The third kappa shape index (κ3) is 5.58. The molecule has 184 valence electrons. The van der Waals surface area contributed by atoms with E-state index in [1.807, 2.05) is 38.7 Å². The van der Waals surface area contributed by atoms with E-state index in [1.165, 1.54) is 0 Å². The van der Waals surface area contributed by atoms with Gasteiger partial charge in [0.05, 0.1) is 38.2 Å². The molecule has 1 saturated heterocycles. The number of piperazine rings is 1. The molecule has 0 aliphatic carbocycles. The second-order valence-corrected chi connectivity index (χ2v) is 10.6. The van der Waals surface area contributed by atoms with E-state index in [2.05, 4.69) is 23.7 Å². The van der Waals surface area contributed by atoms with Gasteiger partial charge < -0.3 is 24.0 Å². The van der Waals surface area contributed by atoms with Crippen LogP contribution in [0.2, 0.25) is 0 Å². The second kappa shape index (κ2) is 9.46. The molecular formula is C24H38N4O5. The molecule has 0 saturated carbocycles. The Morgan fingerprint density at radius 1 is 1.21 bits per heavy atom. The minimum absolute atomic E-state index is 0.00723. The van der Waals surface area contributed by atoms with Gasteiger partial charge in [0.25, 0.3) is 0 Å². The third-order valence-electron chi connectivity index (χ3n) is 6.22. The highest BCUT2D eigenvalue weighted by atomic mass is 16.6. The summed E-state index contributed by atoms with van der Waals surface area (Å²) in [5.74, 6) is 0.552. The van der Waals surface area contributed by atoms with Crippen LogP contribution >= 0.6 is 0 Å². The molecule has 2 aliphatic rings. The largest absolute Gasteiger partial charge is 0.481 e. The number of carbonyl (C=O) groups excluding carboxylic acids is 2. The number of rotatable bonds is 5. The first-order valence-electron chi connectivity index (χ1n) is 11.4. The van der Waals surface area contributed by atoms with E-state index in [1.54, 1.807) is 25.3 Å². The van der Waals surface area contributed by atoms with Gasteiger partial charge in [-0.25, -0.2) is 9.78 Å². The van der Waals surface area contributed by atoms with Gasteiger partial charge >= 0.3 is 6.09 Å². The summed E-state index contributed by atoms with van der Waals surface area (Å²) in [4.78, 5) is 36.2. The van der Waals surface area contributed by atoms with Crippen molar-refractivity contribution in [3.63, 3.8) is 0 Å². The summed E-state index contributed by atoms with van der Waals surface area (Å²) in [6.07, 6.45) is 1.38. The topological polar surface area (TPSA) is 84.4 Å². The number of carbonyl (C=O) groups is 2. The number of nitrogens with zero attached hydrogens (tertiary/aromatic N) is 4. The van der Waals surface area contributed by atoms with E-state index in [0.29, 0.717) is 32.1 Å². The standard InChI is InChI=1S/C24H38N4O5/c1-16-11-26(17(14-31-7)12-27(16)22(30)33-23(2,3)4)13-21(29)28-15-24(5,6)18-9-20(32-8)25-10-19(18)28/h9-10,16-17H,11-15H2,1-8H3/t16-,17-/m1/s1. The molecule has 1 aromatic heterocycles. The van der Waals surface area contributed by atoms with Gasteiger partial charge in [-0.1, -0.05) is 13.8 Å². The number of fused-ring (bicyclic) bond motifs is 1. The van der Waals surface area contributed by atoms with Crippen molar-refractivity contribution >= 4 is 17.7 Å². The van der Waals surface area contributed by atoms with Crippen molar-refractivity contribution in [2.75, 3.05) is 51.9 Å². The summed E-state index contributed by atoms with van der Waals surface area (Å²) in [5.41, 5.74) is 1.12. The Labute approximate surface area is 197 Å². The normalized spacial score (nSPS) is 22.8. The molecule has 0 bridgehead atoms. The molecule has 0 spiro atoms. The summed E-state index contributed by atoms with van der Waals surface area (Å²) >= 11 is 0. The van der Waals surface area contributed by atoms with Gasteiger partial charge in [-0.15, -0.1) is 0 Å². The Morgan fingerprint density at radius 2 is 1.91 bits per heavy atom. The van der Waals surface area contributed by atoms with Gasteiger partial charge in [-0.2, -0.15) is 0 Å². The van der Waals surface area contributed by atoms with Gasteiger partial charge in [-0.05, 0) is 33.3 Å². The molecule has 1 fully saturated rings. The fraction of sp³-hybridized carbons (Fsp3) is 0.708. The fourth-order valence-corrected chi connectivity index (χ4v) is 4.57. The lowest BCUT2D eigenvalue weighted by Gasteiger charge is -2.45. The molecule has 9 heteroatoms. The SMILES string of the molecule is COC[C@H]1CN(C(=O)OC(C)(C)C)[C@H](C)CN1CC(=O)N1CC(C)(C)c2cc(OC)ncc21. The van der Waals surface area contributed by atoms with Crippen molar-refractivity contribution in [3.05, 3.63) is 17.8 Å². The number of pyridine rings is 1. The summed E-state index contributed by atoms with van der Waals surface area (Å²) in [6, 6.07) is 1.72. The average molecular weight is 463 g/mol. The molecule has 0 radical (unpaired) electrons. The number of amides is 2. The first-order valence-corrected chi connectivity index (χ1v) is 11.4. The molecule has 0 aromatic carbocycles. The highest BCUT2D eigenvalue weighted by Gasteiger charge is 2.41. The lowest BCUT2D eigenvalue weighted by atomic mass is 9.87. The van der Waals surface area contributed by atoms with Crippen molar-refractivity contribution in [2.45, 2.75) is 64.6 Å². The molecule has 0 N–H and O–H groups in total. The van der Waals surface area contributed by atoms with Crippen LogP contribution in [0.3, 0.4) is 0 Å². The van der Waals surface area contributed by atoms with Crippen molar-refractivity contribution in [1.29, 1.82) is 0 Å². The molecule has 2 atom stereocenters. The van der Waals surface area contributed by atoms with Gasteiger partial charge in [-0.3, -0.25) is 9.69 Å². The zero-order valence-electron chi connectivity index (χ0n) is 21.2. The molecule has 2 amide bonds. The lowest BCUT2D eigenvalue weighted by Crippen LogP contribution is -2.62. The molecule has 9 nitrogen and oxygen atoms in total. The number of hydrogen-bond donors (Lipinski definition) is 0. The van der Waals surface area contributed by atoms with Crippen LogP contribution in [-0.2, 0) is 19.7 Å². The van der Waals surface area contributed by atoms with Gasteiger partial charge in [0.1, 0.15) is 5.60 Å². The molecular weight excluding hydrogens is 424 g/mol. The Kier molecular flexibility index (Phi) is 7.24. The molecule has 33 heavy (non-hydrogen) atoms. The van der Waals surface area contributed by atoms with E-state index in [4.69, 9.17) is 14.2 Å². The van der Waals surface area contributed by atoms with Crippen LogP contribution in [0.15, 0.2) is 12.3 Å². The number of methoxy groups -OCH3 is 2. The Hall–Kier alpha value is -2.39. The monoisotopic (exact) mass is 462 g/mol. The molecule has 1 aromatic rings. The number of anilines is 1. The van der Waals surface area contributed by atoms with Crippen LogP contribution in [-0.4, -0.2) is 91.5 Å². The van der Waals surface area contributed by atoms with Crippen LogP contribution in [0.1, 0.15) is 47.1 Å². The van der Waals surface area contributed by atoms with Gasteiger partial charge in [0, 0.05) is 44.3 Å². The van der Waals surface area contributed by atoms with Crippen LogP contribution in [0.4, 0.5) is 10.5 Å². The van der Waals surface area contributed by atoms with E-state index < -0.39 is 5.60 Å². The van der Waals surface area contributed by atoms with Crippen molar-refractivity contribution < 1.29 is 23.8 Å². The van der Waals surface area contributed by atoms with E-state index in [0.717, 1.165) is 11.3 Å². The van der Waals surface area contributed by atoms with Crippen LogP contribution in [0, 0.1) is 0 Å². The molecule has 3 rings (SSSR count). The summed E-state index contributed by atoms with van der Waals surface area (Å²) in [7, 11) is 3.22. The Bertz CT molecular complexity index is 882. The van der Waals surface area contributed by atoms with Crippen molar-refractivity contribution in [2.24, 2.45) is 0 Å². The summed E-state index contributed by atoms with van der Waals surface area (Å²) in [6.45, 7) is 14.0. The smallest absolute Gasteiger partial charge is 0.410 e. The summed E-state index contributed by atoms with van der Waals surface area (Å²) < 4.78 is 16.3. The van der Waals surface area contributed by atoms with Gasteiger partial charge in [0.2, 0.25) is 11.8 Å². The quantitative estimate of drug-likeness (QED) is 0.665. The van der Waals surface area contributed by atoms with Crippen molar-refractivity contribution in [3.8, 4) is 5.88 Å². The maximum Gasteiger partial charge on any atom is 0.410 e. The Morgan fingerprint density at radius 3 is 2.52 bits per heavy atom. The van der Waals surface area contributed by atoms with Gasteiger partial charge in [0.15, 0.2) is 0 Å². The first kappa shape index (κ1) is 25.2. The highest BCUT2D eigenvalue weighted by Crippen LogP contribution is 2.41. The molecule has 3 heterocycles. The Balaban J connectivity index is 1.75. The third-order valence-corrected chi connectivity index (χ3v) is 6.22. The highest BCUT2D eigenvalue weighted by molar-refractivity contribution is 5.97. The zero-order valence-corrected chi connectivity index (χ0v) is 21.2. The number of hydrogen-bond acceptors (Lipinski definition) is 7. The predicted molar refractivity (Wildman–Crippen MR) is 126 cm³/mol. The second-order valence-electron chi connectivity index (χ2n) is 10.6. The van der Waals surface area contributed by atoms with E-state index >= 15 is 0 Å². The van der Waals surface area contributed by atoms with Crippen LogP contribution in [0.25, 0.3) is 0 Å². The van der Waals surface area contributed by atoms with Crippen LogP contribution < -0.4 is 9.64 Å². The van der Waals surface area contributed by atoms with Crippen molar-refractivity contribution in [1.82, 2.24) is 14.8 Å². The molecule has 0 unspecified atom stereocenters. The maximum atomic E-state index is 13.5. The van der Waals surface area contributed by atoms with E-state index in [9.17, 15) is 9.59 Å². The first-order chi connectivity index (χ1) is 15.4. The van der Waals surface area contributed by atoms with Crippen LogP contribution in [0.5, 0.6) is 5.88 Å². The maximum absolute atomic E-state index is 13.5. The number of ether oxygens (including phenoxy) is 3. The zero-order chi connectivity index (χ0) is 24.6. The average Bonchev–Trinajstić information content (AvgIpc) is 2.99. The fourth-order valence-electron chi connectivity index (χ4n) is 4.57.